The highest BCUT2D eigenvalue weighted by Crippen LogP contribution is 2.51. The molecule has 0 aromatic heterocycles. The summed E-state index contributed by atoms with van der Waals surface area (Å²) < 4.78 is 39.9. The Labute approximate surface area is 269 Å². The summed E-state index contributed by atoms with van der Waals surface area (Å²) >= 11 is 1.84. The number of thioether (sulfide) groups is 1. The first-order valence-corrected chi connectivity index (χ1v) is 15.5. The van der Waals surface area contributed by atoms with Crippen molar-refractivity contribution in [1.29, 1.82) is 0 Å². The minimum Gasteiger partial charge on any atom is -0.493 e. The van der Waals surface area contributed by atoms with Crippen LogP contribution in [0.3, 0.4) is 0 Å². The van der Waals surface area contributed by atoms with Crippen LogP contribution in [0.15, 0.2) is 77.7 Å². The van der Waals surface area contributed by atoms with Crippen molar-refractivity contribution in [1.82, 2.24) is 0 Å². The minimum absolute atomic E-state index is 0.168. The topological polar surface area (TPSA) is 67.9 Å². The van der Waals surface area contributed by atoms with Crippen LogP contribution in [0.4, 0.5) is 5.69 Å². The van der Waals surface area contributed by atoms with Crippen LogP contribution in [0.1, 0.15) is 28.5 Å². The number of hydrogen-bond acceptors (Lipinski definition) is 9. The van der Waals surface area contributed by atoms with Gasteiger partial charge in [0.2, 0.25) is 5.75 Å². The lowest BCUT2D eigenvalue weighted by molar-refractivity contribution is 0.234. The number of para-hydroxylation sites is 1. The number of hydrogen-bond donors (Lipinski definition) is 0. The zero-order valence-corrected chi connectivity index (χ0v) is 27.3. The van der Waals surface area contributed by atoms with E-state index in [-0.39, 0.29) is 5.37 Å². The molecule has 0 N–H and O–H groups in total. The highest BCUT2D eigenvalue weighted by Gasteiger charge is 2.29. The molecule has 1 heterocycles. The van der Waals surface area contributed by atoms with Crippen molar-refractivity contribution in [3.63, 3.8) is 0 Å². The molecule has 1 aliphatic heterocycles. The van der Waals surface area contributed by atoms with E-state index in [0.717, 1.165) is 22.4 Å². The van der Waals surface area contributed by atoms with Gasteiger partial charge in [0.05, 0.1) is 54.5 Å². The van der Waals surface area contributed by atoms with E-state index in [1.165, 1.54) is 10.6 Å². The van der Waals surface area contributed by atoms with Crippen molar-refractivity contribution in [3.05, 3.63) is 89.5 Å². The van der Waals surface area contributed by atoms with Crippen LogP contribution in [0.25, 0.3) is 12.2 Å². The van der Waals surface area contributed by atoms with Crippen LogP contribution in [-0.4, -0.2) is 55.8 Å². The van der Waals surface area contributed by atoms with E-state index < -0.39 is 0 Å². The van der Waals surface area contributed by atoms with Crippen LogP contribution >= 0.6 is 11.8 Å². The zero-order valence-electron chi connectivity index (χ0n) is 26.5. The van der Waals surface area contributed by atoms with E-state index in [4.69, 9.17) is 33.2 Å². The van der Waals surface area contributed by atoms with Gasteiger partial charge in [-0.2, -0.15) is 0 Å². The van der Waals surface area contributed by atoms with Gasteiger partial charge < -0.3 is 38.1 Å². The van der Waals surface area contributed by atoms with Gasteiger partial charge in [0.25, 0.3) is 0 Å². The van der Waals surface area contributed by atoms with Crippen molar-refractivity contribution in [3.8, 4) is 40.2 Å². The van der Waals surface area contributed by atoms with Gasteiger partial charge in [-0.15, -0.1) is 0 Å². The van der Waals surface area contributed by atoms with Crippen LogP contribution < -0.4 is 38.1 Å². The van der Waals surface area contributed by atoms with Gasteiger partial charge in [-0.25, -0.2) is 0 Å². The Balaban J connectivity index is 1.20. The van der Waals surface area contributed by atoms with Gasteiger partial charge in [0.1, 0.15) is 5.37 Å². The molecule has 0 spiro atoms. The van der Waals surface area contributed by atoms with E-state index in [0.29, 0.717) is 54.1 Å². The zero-order chi connectivity index (χ0) is 31.8. The lowest BCUT2D eigenvalue weighted by atomic mass is 10.1. The Kier molecular flexibility index (Phi) is 10.5. The fourth-order valence-corrected chi connectivity index (χ4v) is 6.43. The molecule has 1 atom stereocenters. The lowest BCUT2D eigenvalue weighted by Crippen LogP contribution is -2.17. The fraction of sp³-hybridized carbons (Fsp3) is 0.278. The summed E-state index contributed by atoms with van der Waals surface area (Å²) in [5.41, 5.74) is 4.25. The maximum Gasteiger partial charge on any atom is 0.203 e. The SMILES string of the molecule is COc1ccc(/C=C\c2cc(OC)c(OC)c(OC)c2)cc1OCCCOc1cc(C2Sc3ccccc3N2C)ccc1OC. The van der Waals surface area contributed by atoms with Gasteiger partial charge in [0, 0.05) is 18.4 Å². The second-order valence-electron chi connectivity index (χ2n) is 10.2. The summed E-state index contributed by atoms with van der Waals surface area (Å²) in [4.78, 5) is 3.57. The second-order valence-corrected chi connectivity index (χ2v) is 11.3. The molecule has 0 amide bonds. The van der Waals surface area contributed by atoms with E-state index in [2.05, 4.69) is 48.3 Å². The van der Waals surface area contributed by atoms with E-state index in [1.807, 2.05) is 60.3 Å². The third-order valence-corrected chi connectivity index (χ3v) is 8.87. The highest BCUT2D eigenvalue weighted by molar-refractivity contribution is 8.00. The van der Waals surface area contributed by atoms with Crippen molar-refractivity contribution in [2.75, 3.05) is 60.7 Å². The molecule has 4 aromatic rings. The predicted molar refractivity (Wildman–Crippen MR) is 180 cm³/mol. The third-order valence-electron chi connectivity index (χ3n) is 7.46. The maximum atomic E-state index is 6.20. The molecule has 236 valence electrons. The molecule has 0 saturated carbocycles. The molecule has 8 nitrogen and oxygen atoms in total. The minimum atomic E-state index is 0.168. The van der Waals surface area contributed by atoms with Crippen LogP contribution in [0.2, 0.25) is 0 Å². The number of benzene rings is 4. The van der Waals surface area contributed by atoms with Crippen molar-refractivity contribution in [2.24, 2.45) is 0 Å². The van der Waals surface area contributed by atoms with E-state index in [9.17, 15) is 0 Å². The van der Waals surface area contributed by atoms with Crippen LogP contribution in [0, 0.1) is 0 Å². The molecule has 45 heavy (non-hydrogen) atoms. The lowest BCUT2D eigenvalue weighted by Gasteiger charge is -2.23. The Hall–Kier alpha value is -4.63. The molecule has 5 rings (SSSR count). The molecular weight excluding hydrogens is 590 g/mol. The molecule has 9 heteroatoms. The monoisotopic (exact) mass is 629 g/mol. The fourth-order valence-electron chi connectivity index (χ4n) is 5.15. The molecule has 0 bridgehead atoms. The summed E-state index contributed by atoms with van der Waals surface area (Å²) in [5.74, 6) is 4.49. The number of ether oxygens (including phenoxy) is 7. The quantitative estimate of drug-likeness (QED) is 0.102. The average Bonchev–Trinajstić information content (AvgIpc) is 3.42. The summed E-state index contributed by atoms with van der Waals surface area (Å²) in [6.45, 7) is 0.922. The summed E-state index contributed by atoms with van der Waals surface area (Å²) in [5, 5.41) is 0.168. The molecule has 4 aromatic carbocycles. The maximum absolute atomic E-state index is 6.20. The van der Waals surface area contributed by atoms with Gasteiger partial charge in [0.15, 0.2) is 34.5 Å². The van der Waals surface area contributed by atoms with E-state index >= 15 is 0 Å². The molecule has 1 aliphatic rings. The number of fused-ring (bicyclic) bond motifs is 1. The first kappa shape index (κ1) is 31.8. The summed E-state index contributed by atoms with van der Waals surface area (Å²) in [7, 11) is 10.2. The predicted octanol–water partition coefficient (Wildman–Crippen LogP) is 7.99. The van der Waals surface area contributed by atoms with Crippen molar-refractivity contribution in [2.45, 2.75) is 16.7 Å². The Morgan fingerprint density at radius 3 is 1.82 bits per heavy atom. The van der Waals surface area contributed by atoms with Crippen LogP contribution in [0.5, 0.6) is 40.2 Å². The van der Waals surface area contributed by atoms with Crippen molar-refractivity contribution < 1.29 is 33.2 Å². The van der Waals surface area contributed by atoms with E-state index in [1.54, 1.807) is 35.5 Å². The molecule has 1 unspecified atom stereocenters. The first-order chi connectivity index (χ1) is 22.0. The first-order valence-electron chi connectivity index (χ1n) is 14.6. The number of rotatable bonds is 14. The molecular formula is C36H39NO7S. The second kappa shape index (κ2) is 14.9. The normalized spacial score (nSPS) is 13.8. The molecule has 0 radical (unpaired) electrons. The molecule has 0 aliphatic carbocycles. The Bertz CT molecular complexity index is 1610. The highest BCUT2D eigenvalue weighted by atomic mass is 32.2. The number of anilines is 1. The average molecular weight is 630 g/mol. The largest absolute Gasteiger partial charge is 0.493 e. The molecule has 0 fully saturated rings. The summed E-state index contributed by atoms with van der Waals surface area (Å²) in [6, 6.07) is 24.2. The Morgan fingerprint density at radius 2 is 1.20 bits per heavy atom. The van der Waals surface area contributed by atoms with Crippen molar-refractivity contribution >= 4 is 29.6 Å². The number of nitrogens with zero attached hydrogens (tertiary/aromatic N) is 1. The Morgan fingerprint density at radius 1 is 0.622 bits per heavy atom. The van der Waals surface area contributed by atoms with Gasteiger partial charge in [-0.1, -0.05) is 48.2 Å². The standard InChI is InChI=1S/C36H39NO7S/c1-37-27-10-7-8-11-34(27)45-36(37)26-15-17-29(39-3)31(23-26)44-19-9-18-43-30-20-24(14-16-28(30)38-2)12-13-25-21-32(40-4)35(42-6)33(22-25)41-5/h7-8,10-17,20-23,36H,9,18-19H2,1-6H3/b13-12-. The van der Waals surface area contributed by atoms with Gasteiger partial charge in [-0.3, -0.25) is 0 Å². The van der Waals surface area contributed by atoms with Gasteiger partial charge >= 0.3 is 0 Å². The summed E-state index contributed by atoms with van der Waals surface area (Å²) in [6.07, 6.45) is 4.64. The smallest absolute Gasteiger partial charge is 0.203 e. The molecule has 0 saturated heterocycles. The van der Waals surface area contributed by atoms with Crippen LogP contribution in [-0.2, 0) is 0 Å². The van der Waals surface area contributed by atoms with Gasteiger partial charge in [-0.05, 0) is 65.2 Å². The third kappa shape index (κ3) is 7.20. The number of methoxy groups -OCH3 is 5.